The maximum atomic E-state index is 5.92. The van der Waals surface area contributed by atoms with Crippen LogP contribution in [0.2, 0.25) is 0 Å². The molecule has 3 heterocycles. The number of fused-ring (bicyclic) bond motifs is 1. The summed E-state index contributed by atoms with van der Waals surface area (Å²) in [6.45, 7) is 2.82. The summed E-state index contributed by atoms with van der Waals surface area (Å²) < 4.78 is 11.3. The number of aromatic nitrogens is 1. The van der Waals surface area contributed by atoms with Gasteiger partial charge in [0.05, 0.1) is 13.7 Å². The van der Waals surface area contributed by atoms with Gasteiger partial charge < -0.3 is 19.7 Å². The van der Waals surface area contributed by atoms with Crippen LogP contribution in [0.1, 0.15) is 30.9 Å². The van der Waals surface area contributed by atoms with Gasteiger partial charge in [0.1, 0.15) is 17.3 Å². The molecular formula is C20H25N3O2. The van der Waals surface area contributed by atoms with E-state index >= 15 is 0 Å². The van der Waals surface area contributed by atoms with Crippen molar-refractivity contribution < 1.29 is 9.47 Å². The van der Waals surface area contributed by atoms with Gasteiger partial charge in [0.2, 0.25) is 0 Å². The Labute approximate surface area is 149 Å². The monoisotopic (exact) mass is 339 g/mol. The highest BCUT2D eigenvalue weighted by molar-refractivity contribution is 5.43. The zero-order valence-electron chi connectivity index (χ0n) is 14.6. The number of benzene rings is 1. The van der Waals surface area contributed by atoms with Gasteiger partial charge in [0.15, 0.2) is 0 Å². The Balaban J connectivity index is 1.48. The van der Waals surface area contributed by atoms with Crippen molar-refractivity contribution in [3.05, 3.63) is 48.2 Å². The predicted molar refractivity (Wildman–Crippen MR) is 98.5 cm³/mol. The Bertz CT molecular complexity index is 707. The second-order valence-corrected chi connectivity index (χ2v) is 6.73. The van der Waals surface area contributed by atoms with Crippen LogP contribution in [0.4, 0.5) is 5.82 Å². The second kappa shape index (κ2) is 7.31. The third-order valence-electron chi connectivity index (χ3n) is 5.09. The van der Waals surface area contributed by atoms with E-state index in [1.807, 2.05) is 30.5 Å². The normalized spacial score (nSPS) is 22.8. The van der Waals surface area contributed by atoms with E-state index in [-0.39, 0.29) is 0 Å². The van der Waals surface area contributed by atoms with Crippen LogP contribution in [0.15, 0.2) is 42.6 Å². The average molecular weight is 339 g/mol. The zero-order chi connectivity index (χ0) is 17.1. The van der Waals surface area contributed by atoms with Crippen molar-refractivity contribution in [1.29, 1.82) is 0 Å². The topological polar surface area (TPSA) is 46.6 Å². The summed E-state index contributed by atoms with van der Waals surface area (Å²) in [6, 6.07) is 13.0. The molecule has 2 unspecified atom stereocenters. The van der Waals surface area contributed by atoms with Gasteiger partial charge >= 0.3 is 0 Å². The molecule has 5 nitrogen and oxygen atoms in total. The van der Waals surface area contributed by atoms with E-state index in [1.54, 1.807) is 7.11 Å². The van der Waals surface area contributed by atoms with Crippen LogP contribution in [0, 0.1) is 0 Å². The number of rotatable bonds is 4. The van der Waals surface area contributed by atoms with Crippen LogP contribution < -0.4 is 19.7 Å². The van der Waals surface area contributed by atoms with Gasteiger partial charge in [-0.15, -0.1) is 0 Å². The fourth-order valence-electron chi connectivity index (χ4n) is 3.79. The lowest BCUT2D eigenvalue weighted by molar-refractivity contribution is 0.314. The van der Waals surface area contributed by atoms with Crippen LogP contribution in [-0.2, 0) is 0 Å². The number of anilines is 1. The third kappa shape index (κ3) is 3.56. The molecule has 2 atom stereocenters. The molecule has 1 saturated heterocycles. The van der Waals surface area contributed by atoms with Gasteiger partial charge in [-0.05, 0) is 49.6 Å². The molecule has 5 heteroatoms. The SMILES string of the molecule is COc1ccc2c(c1)C(NC1CCN(c3ccccn3)C1)CCCO2. The Kier molecular flexibility index (Phi) is 4.74. The van der Waals surface area contributed by atoms with Crippen LogP contribution in [0.5, 0.6) is 11.5 Å². The molecule has 1 N–H and O–H groups in total. The van der Waals surface area contributed by atoms with Gasteiger partial charge in [0.25, 0.3) is 0 Å². The molecule has 1 aromatic heterocycles. The molecule has 2 aromatic rings. The van der Waals surface area contributed by atoms with Crippen molar-refractivity contribution in [1.82, 2.24) is 10.3 Å². The number of methoxy groups -OCH3 is 1. The van der Waals surface area contributed by atoms with Crippen LogP contribution in [0.3, 0.4) is 0 Å². The van der Waals surface area contributed by atoms with Crippen molar-refractivity contribution in [2.75, 3.05) is 31.7 Å². The number of pyridine rings is 1. The standard InChI is InChI=1S/C20H25N3O2/c1-24-16-7-8-19-17(13-16)18(5-4-12-25-19)22-15-9-11-23(14-15)20-6-2-3-10-21-20/h2-3,6-8,10,13,15,18,22H,4-5,9,11-12,14H2,1H3. The first-order chi connectivity index (χ1) is 12.3. The number of nitrogens with zero attached hydrogens (tertiary/aromatic N) is 2. The summed E-state index contributed by atoms with van der Waals surface area (Å²) in [5.74, 6) is 2.94. The van der Waals surface area contributed by atoms with Crippen LogP contribution in [0.25, 0.3) is 0 Å². The highest BCUT2D eigenvalue weighted by atomic mass is 16.5. The molecule has 2 aliphatic rings. The van der Waals surface area contributed by atoms with Crippen molar-refractivity contribution >= 4 is 5.82 Å². The van der Waals surface area contributed by atoms with E-state index in [0.29, 0.717) is 12.1 Å². The van der Waals surface area contributed by atoms with Crippen LogP contribution in [-0.4, -0.2) is 37.8 Å². The number of hydrogen-bond acceptors (Lipinski definition) is 5. The molecule has 4 rings (SSSR count). The van der Waals surface area contributed by atoms with Crippen molar-refractivity contribution in [3.63, 3.8) is 0 Å². The van der Waals surface area contributed by atoms with E-state index in [0.717, 1.165) is 56.3 Å². The molecule has 0 radical (unpaired) electrons. The number of hydrogen-bond donors (Lipinski definition) is 1. The zero-order valence-corrected chi connectivity index (χ0v) is 14.6. The maximum absolute atomic E-state index is 5.92. The molecule has 25 heavy (non-hydrogen) atoms. The Morgan fingerprint density at radius 2 is 2.20 bits per heavy atom. The van der Waals surface area contributed by atoms with Crippen molar-refractivity contribution in [3.8, 4) is 11.5 Å². The fourth-order valence-corrected chi connectivity index (χ4v) is 3.79. The lowest BCUT2D eigenvalue weighted by Gasteiger charge is -2.24. The highest BCUT2D eigenvalue weighted by Gasteiger charge is 2.28. The number of ether oxygens (including phenoxy) is 2. The summed E-state index contributed by atoms with van der Waals surface area (Å²) in [5.41, 5.74) is 1.22. The second-order valence-electron chi connectivity index (χ2n) is 6.73. The maximum Gasteiger partial charge on any atom is 0.128 e. The van der Waals surface area contributed by atoms with E-state index in [2.05, 4.69) is 27.3 Å². The van der Waals surface area contributed by atoms with Gasteiger partial charge in [-0.2, -0.15) is 0 Å². The van der Waals surface area contributed by atoms with Crippen LogP contribution >= 0.6 is 0 Å². The van der Waals surface area contributed by atoms with Gasteiger partial charge in [-0.25, -0.2) is 4.98 Å². The minimum Gasteiger partial charge on any atom is -0.497 e. The molecule has 0 amide bonds. The summed E-state index contributed by atoms with van der Waals surface area (Å²) in [5, 5.41) is 3.86. The van der Waals surface area contributed by atoms with Crippen molar-refractivity contribution in [2.45, 2.75) is 31.3 Å². The van der Waals surface area contributed by atoms with Gasteiger partial charge in [0, 0.05) is 36.9 Å². The summed E-state index contributed by atoms with van der Waals surface area (Å²) in [7, 11) is 1.71. The summed E-state index contributed by atoms with van der Waals surface area (Å²) >= 11 is 0. The predicted octanol–water partition coefficient (Wildman–Crippen LogP) is 3.17. The quantitative estimate of drug-likeness (QED) is 0.927. The summed E-state index contributed by atoms with van der Waals surface area (Å²) in [6.07, 6.45) is 5.14. The molecule has 0 aliphatic carbocycles. The van der Waals surface area contributed by atoms with Gasteiger partial charge in [-0.3, -0.25) is 0 Å². The molecule has 132 valence electrons. The lowest BCUT2D eigenvalue weighted by atomic mass is 10.0. The molecule has 0 spiro atoms. The minimum absolute atomic E-state index is 0.307. The molecule has 1 aromatic carbocycles. The Hall–Kier alpha value is -2.27. The average Bonchev–Trinajstić information content (AvgIpc) is 3.04. The highest BCUT2D eigenvalue weighted by Crippen LogP contribution is 2.35. The largest absolute Gasteiger partial charge is 0.497 e. The molecule has 0 saturated carbocycles. The lowest BCUT2D eigenvalue weighted by Crippen LogP contribution is -2.35. The van der Waals surface area contributed by atoms with Crippen molar-refractivity contribution in [2.24, 2.45) is 0 Å². The van der Waals surface area contributed by atoms with Gasteiger partial charge in [-0.1, -0.05) is 6.07 Å². The molecule has 2 aliphatic heterocycles. The number of nitrogens with one attached hydrogen (secondary N) is 1. The van der Waals surface area contributed by atoms with E-state index in [4.69, 9.17) is 9.47 Å². The molecule has 0 bridgehead atoms. The third-order valence-corrected chi connectivity index (χ3v) is 5.09. The van der Waals surface area contributed by atoms with E-state index in [9.17, 15) is 0 Å². The fraction of sp³-hybridized carbons (Fsp3) is 0.450. The first-order valence-corrected chi connectivity index (χ1v) is 9.06. The molecular weight excluding hydrogens is 314 g/mol. The first-order valence-electron chi connectivity index (χ1n) is 9.06. The first kappa shape index (κ1) is 16.2. The summed E-state index contributed by atoms with van der Waals surface area (Å²) in [4.78, 5) is 6.84. The smallest absolute Gasteiger partial charge is 0.128 e. The molecule has 1 fully saturated rings. The minimum atomic E-state index is 0.307. The Morgan fingerprint density at radius 1 is 1.24 bits per heavy atom. The Morgan fingerprint density at radius 3 is 3.04 bits per heavy atom. The van der Waals surface area contributed by atoms with E-state index in [1.165, 1.54) is 5.56 Å². The van der Waals surface area contributed by atoms with E-state index < -0.39 is 0 Å².